The summed E-state index contributed by atoms with van der Waals surface area (Å²) in [6, 6.07) is 7.77. The SMILES string of the molecule is COc1ccccc1NC(=S)NCCC1=CCCCC1. The molecule has 108 valence electrons. The average molecular weight is 290 g/mol. The van der Waals surface area contributed by atoms with E-state index in [9.17, 15) is 0 Å². The highest BCUT2D eigenvalue weighted by atomic mass is 32.1. The minimum Gasteiger partial charge on any atom is -0.495 e. The van der Waals surface area contributed by atoms with Crippen LogP contribution >= 0.6 is 12.2 Å². The fourth-order valence-corrected chi connectivity index (χ4v) is 2.59. The van der Waals surface area contributed by atoms with Crippen LogP contribution in [-0.4, -0.2) is 18.8 Å². The number of benzene rings is 1. The lowest BCUT2D eigenvalue weighted by molar-refractivity contribution is 0.417. The largest absolute Gasteiger partial charge is 0.495 e. The Bertz CT molecular complexity index is 485. The van der Waals surface area contributed by atoms with Gasteiger partial charge in [0.2, 0.25) is 0 Å². The highest BCUT2D eigenvalue weighted by Gasteiger charge is 2.05. The molecule has 0 aromatic heterocycles. The maximum atomic E-state index is 5.31. The van der Waals surface area contributed by atoms with Crippen LogP contribution in [0.4, 0.5) is 5.69 Å². The van der Waals surface area contributed by atoms with Crippen LogP contribution in [0.1, 0.15) is 32.1 Å². The van der Waals surface area contributed by atoms with Gasteiger partial charge in [-0.1, -0.05) is 23.8 Å². The van der Waals surface area contributed by atoms with Crippen LogP contribution in [0.25, 0.3) is 0 Å². The van der Waals surface area contributed by atoms with E-state index in [2.05, 4.69) is 16.7 Å². The van der Waals surface area contributed by atoms with E-state index in [0.29, 0.717) is 5.11 Å². The topological polar surface area (TPSA) is 33.3 Å². The molecule has 1 aliphatic carbocycles. The molecule has 0 amide bonds. The van der Waals surface area contributed by atoms with Crippen molar-refractivity contribution in [3.63, 3.8) is 0 Å². The first kappa shape index (κ1) is 14.9. The van der Waals surface area contributed by atoms with Crippen LogP contribution in [0.15, 0.2) is 35.9 Å². The van der Waals surface area contributed by atoms with Gasteiger partial charge in [0.05, 0.1) is 12.8 Å². The first-order valence-electron chi connectivity index (χ1n) is 7.15. The Morgan fingerprint density at radius 3 is 2.90 bits per heavy atom. The third-order valence-corrected chi connectivity index (χ3v) is 3.72. The van der Waals surface area contributed by atoms with Gasteiger partial charge in [-0.2, -0.15) is 0 Å². The summed E-state index contributed by atoms with van der Waals surface area (Å²) < 4.78 is 5.29. The summed E-state index contributed by atoms with van der Waals surface area (Å²) in [6.45, 7) is 0.882. The zero-order valence-corrected chi connectivity index (χ0v) is 12.8. The standard InChI is InChI=1S/C16H22N2OS/c1-19-15-10-6-5-9-14(15)18-16(20)17-12-11-13-7-3-2-4-8-13/h5-7,9-10H,2-4,8,11-12H2,1H3,(H2,17,18,20). The number of hydrogen-bond acceptors (Lipinski definition) is 2. The minimum absolute atomic E-state index is 0.644. The van der Waals surface area contributed by atoms with Crippen molar-refractivity contribution in [1.29, 1.82) is 0 Å². The molecule has 0 bridgehead atoms. The number of methoxy groups -OCH3 is 1. The van der Waals surface area contributed by atoms with Gasteiger partial charge in [0.1, 0.15) is 5.75 Å². The molecular weight excluding hydrogens is 268 g/mol. The maximum Gasteiger partial charge on any atom is 0.170 e. The Hall–Kier alpha value is -1.55. The molecule has 4 heteroatoms. The number of para-hydroxylation sites is 2. The molecule has 1 aliphatic rings. The van der Waals surface area contributed by atoms with E-state index in [1.807, 2.05) is 24.3 Å². The lowest BCUT2D eigenvalue weighted by Gasteiger charge is -2.15. The first-order chi connectivity index (χ1) is 9.79. The molecule has 2 rings (SSSR count). The summed E-state index contributed by atoms with van der Waals surface area (Å²) in [5.41, 5.74) is 2.45. The van der Waals surface area contributed by atoms with E-state index in [4.69, 9.17) is 17.0 Å². The number of hydrogen-bond donors (Lipinski definition) is 2. The molecule has 0 heterocycles. The van der Waals surface area contributed by atoms with Crippen molar-refractivity contribution in [3.05, 3.63) is 35.9 Å². The predicted octanol–water partition coefficient (Wildman–Crippen LogP) is 3.87. The zero-order chi connectivity index (χ0) is 14.2. The van der Waals surface area contributed by atoms with Crippen LogP contribution in [0.2, 0.25) is 0 Å². The zero-order valence-electron chi connectivity index (χ0n) is 11.9. The Labute approximate surface area is 126 Å². The number of rotatable bonds is 5. The van der Waals surface area contributed by atoms with Crippen LogP contribution in [0, 0.1) is 0 Å². The molecule has 3 nitrogen and oxygen atoms in total. The van der Waals surface area contributed by atoms with Gasteiger partial charge in [-0.3, -0.25) is 0 Å². The van der Waals surface area contributed by atoms with Crippen molar-refractivity contribution < 1.29 is 4.74 Å². The second-order valence-corrected chi connectivity index (χ2v) is 5.35. The number of allylic oxidation sites excluding steroid dienone is 1. The van der Waals surface area contributed by atoms with Crippen molar-refractivity contribution in [1.82, 2.24) is 5.32 Å². The van der Waals surface area contributed by atoms with Crippen LogP contribution in [-0.2, 0) is 0 Å². The predicted molar refractivity (Wildman–Crippen MR) is 88.4 cm³/mol. The second-order valence-electron chi connectivity index (χ2n) is 4.94. The molecule has 0 unspecified atom stereocenters. The van der Waals surface area contributed by atoms with E-state index in [1.54, 1.807) is 12.7 Å². The van der Waals surface area contributed by atoms with Gasteiger partial charge in [-0.25, -0.2) is 0 Å². The Morgan fingerprint density at radius 2 is 2.15 bits per heavy atom. The van der Waals surface area contributed by atoms with E-state index < -0.39 is 0 Å². The number of ether oxygens (including phenoxy) is 1. The lowest BCUT2D eigenvalue weighted by atomic mass is 9.97. The Morgan fingerprint density at radius 1 is 1.30 bits per heavy atom. The van der Waals surface area contributed by atoms with Crippen molar-refractivity contribution in [2.24, 2.45) is 0 Å². The monoisotopic (exact) mass is 290 g/mol. The Kier molecular flexibility index (Phi) is 5.87. The molecule has 1 aromatic carbocycles. The molecule has 0 saturated carbocycles. The summed E-state index contributed by atoms with van der Waals surface area (Å²) in [4.78, 5) is 0. The summed E-state index contributed by atoms with van der Waals surface area (Å²) >= 11 is 5.31. The van der Waals surface area contributed by atoms with Gasteiger partial charge in [0, 0.05) is 6.54 Å². The second kappa shape index (κ2) is 7.90. The summed E-state index contributed by atoms with van der Waals surface area (Å²) in [5.74, 6) is 0.798. The average Bonchev–Trinajstić information content (AvgIpc) is 2.49. The van der Waals surface area contributed by atoms with Gasteiger partial charge < -0.3 is 15.4 Å². The number of anilines is 1. The third-order valence-electron chi connectivity index (χ3n) is 3.47. The van der Waals surface area contributed by atoms with E-state index in [1.165, 1.54) is 25.7 Å². The van der Waals surface area contributed by atoms with Gasteiger partial charge in [-0.15, -0.1) is 0 Å². The molecule has 0 aliphatic heterocycles. The molecular formula is C16H22N2OS. The molecule has 2 N–H and O–H groups in total. The molecule has 0 atom stereocenters. The van der Waals surface area contributed by atoms with E-state index in [0.717, 1.165) is 24.4 Å². The quantitative estimate of drug-likeness (QED) is 0.637. The fourth-order valence-electron chi connectivity index (χ4n) is 2.38. The van der Waals surface area contributed by atoms with Crippen molar-refractivity contribution in [3.8, 4) is 5.75 Å². The van der Waals surface area contributed by atoms with E-state index in [-0.39, 0.29) is 0 Å². The van der Waals surface area contributed by atoms with Gasteiger partial charge in [0.15, 0.2) is 5.11 Å². The fraction of sp³-hybridized carbons (Fsp3) is 0.438. The normalized spacial score (nSPS) is 14.3. The summed E-state index contributed by atoms with van der Waals surface area (Å²) in [6.07, 6.45) is 8.60. The van der Waals surface area contributed by atoms with Gasteiger partial charge >= 0.3 is 0 Å². The highest BCUT2D eigenvalue weighted by Crippen LogP contribution is 2.23. The van der Waals surface area contributed by atoms with Crippen molar-refractivity contribution in [2.75, 3.05) is 19.0 Å². The van der Waals surface area contributed by atoms with Crippen molar-refractivity contribution in [2.45, 2.75) is 32.1 Å². The molecule has 20 heavy (non-hydrogen) atoms. The van der Waals surface area contributed by atoms with Gasteiger partial charge in [-0.05, 0) is 56.5 Å². The molecule has 0 spiro atoms. The van der Waals surface area contributed by atoms with Crippen LogP contribution < -0.4 is 15.4 Å². The molecule has 0 radical (unpaired) electrons. The summed E-state index contributed by atoms with van der Waals surface area (Å²) in [7, 11) is 1.66. The number of thiocarbonyl (C=S) groups is 1. The minimum atomic E-state index is 0.644. The Balaban J connectivity index is 1.76. The smallest absolute Gasteiger partial charge is 0.170 e. The lowest BCUT2D eigenvalue weighted by Crippen LogP contribution is -2.29. The number of nitrogens with one attached hydrogen (secondary N) is 2. The third kappa shape index (κ3) is 4.53. The summed E-state index contributed by atoms with van der Waals surface area (Å²) in [5, 5.41) is 7.07. The molecule has 0 saturated heterocycles. The van der Waals surface area contributed by atoms with Crippen molar-refractivity contribution >= 4 is 23.0 Å². The van der Waals surface area contributed by atoms with Crippen LogP contribution in [0.3, 0.4) is 0 Å². The van der Waals surface area contributed by atoms with E-state index >= 15 is 0 Å². The van der Waals surface area contributed by atoms with Gasteiger partial charge in [0.25, 0.3) is 0 Å². The first-order valence-corrected chi connectivity index (χ1v) is 7.56. The molecule has 1 aromatic rings. The maximum absolute atomic E-state index is 5.31. The molecule has 0 fully saturated rings. The highest BCUT2D eigenvalue weighted by molar-refractivity contribution is 7.80. The van der Waals surface area contributed by atoms with Crippen LogP contribution in [0.5, 0.6) is 5.75 Å².